The molecule has 1 unspecified atom stereocenters. The zero-order valence-electron chi connectivity index (χ0n) is 9.16. The van der Waals surface area contributed by atoms with Gasteiger partial charge in [0.1, 0.15) is 5.69 Å². The standard InChI is InChI=1S/C11H13BrN2O2/c1-11(2)6-10(11)13-8-4-3-7(12)5-9(8)14(15)16/h3-5,10,13H,6H2,1-2H3. The zero-order valence-corrected chi connectivity index (χ0v) is 10.7. The van der Waals surface area contributed by atoms with Crippen LogP contribution in [-0.4, -0.2) is 11.0 Å². The molecule has 5 heteroatoms. The maximum atomic E-state index is 10.9. The van der Waals surface area contributed by atoms with Gasteiger partial charge in [0, 0.05) is 16.6 Å². The van der Waals surface area contributed by atoms with Gasteiger partial charge < -0.3 is 5.32 Å². The van der Waals surface area contributed by atoms with Gasteiger partial charge in [-0.2, -0.15) is 0 Å². The van der Waals surface area contributed by atoms with Crippen LogP contribution in [0.1, 0.15) is 20.3 Å². The van der Waals surface area contributed by atoms with Gasteiger partial charge in [0.25, 0.3) is 5.69 Å². The van der Waals surface area contributed by atoms with Gasteiger partial charge in [0.2, 0.25) is 0 Å². The number of nitrogens with one attached hydrogen (secondary N) is 1. The first-order valence-corrected chi connectivity index (χ1v) is 5.90. The lowest BCUT2D eigenvalue weighted by Gasteiger charge is -2.08. The largest absolute Gasteiger partial charge is 0.376 e. The minimum Gasteiger partial charge on any atom is -0.376 e. The van der Waals surface area contributed by atoms with Crippen molar-refractivity contribution < 1.29 is 4.92 Å². The topological polar surface area (TPSA) is 55.2 Å². The number of nitro groups is 1. The van der Waals surface area contributed by atoms with E-state index in [1.807, 2.05) is 6.07 Å². The molecule has 0 bridgehead atoms. The molecule has 0 saturated heterocycles. The van der Waals surface area contributed by atoms with E-state index in [1.54, 1.807) is 6.07 Å². The summed E-state index contributed by atoms with van der Waals surface area (Å²) in [6, 6.07) is 5.42. The number of rotatable bonds is 3. The van der Waals surface area contributed by atoms with Crippen molar-refractivity contribution in [3.05, 3.63) is 32.8 Å². The highest BCUT2D eigenvalue weighted by molar-refractivity contribution is 9.10. The van der Waals surface area contributed by atoms with Gasteiger partial charge in [-0.1, -0.05) is 29.8 Å². The molecule has 1 aliphatic rings. The number of benzene rings is 1. The third-order valence-electron chi connectivity index (χ3n) is 3.00. The molecule has 2 rings (SSSR count). The Kier molecular flexibility index (Phi) is 2.66. The van der Waals surface area contributed by atoms with E-state index in [2.05, 4.69) is 35.1 Å². The SMILES string of the molecule is CC1(C)CC1Nc1ccc(Br)cc1[N+](=O)[O-]. The maximum absolute atomic E-state index is 10.9. The first kappa shape index (κ1) is 11.4. The number of hydrogen-bond donors (Lipinski definition) is 1. The lowest BCUT2D eigenvalue weighted by molar-refractivity contribution is -0.384. The fourth-order valence-electron chi connectivity index (χ4n) is 1.68. The van der Waals surface area contributed by atoms with Crippen LogP contribution in [0.15, 0.2) is 22.7 Å². The highest BCUT2D eigenvalue weighted by Crippen LogP contribution is 2.47. The molecule has 1 aromatic rings. The third-order valence-corrected chi connectivity index (χ3v) is 3.49. The van der Waals surface area contributed by atoms with Crippen LogP contribution < -0.4 is 5.32 Å². The van der Waals surface area contributed by atoms with Crippen LogP contribution in [-0.2, 0) is 0 Å². The zero-order chi connectivity index (χ0) is 11.9. The molecule has 0 amide bonds. The molecule has 1 saturated carbocycles. The summed E-state index contributed by atoms with van der Waals surface area (Å²) in [6.07, 6.45) is 1.06. The first-order valence-electron chi connectivity index (χ1n) is 5.10. The summed E-state index contributed by atoms with van der Waals surface area (Å²) >= 11 is 3.24. The molecule has 4 nitrogen and oxygen atoms in total. The molecular formula is C11H13BrN2O2. The van der Waals surface area contributed by atoms with Gasteiger partial charge >= 0.3 is 0 Å². The fraction of sp³-hybridized carbons (Fsp3) is 0.455. The summed E-state index contributed by atoms with van der Waals surface area (Å²) in [7, 11) is 0. The van der Waals surface area contributed by atoms with Gasteiger partial charge in [-0.25, -0.2) is 0 Å². The van der Waals surface area contributed by atoms with Gasteiger partial charge in [0.05, 0.1) is 4.92 Å². The third kappa shape index (κ3) is 2.19. The Morgan fingerprint density at radius 1 is 1.56 bits per heavy atom. The molecule has 86 valence electrons. The van der Waals surface area contributed by atoms with Crippen molar-refractivity contribution in [3.63, 3.8) is 0 Å². The molecule has 0 heterocycles. The van der Waals surface area contributed by atoms with E-state index < -0.39 is 0 Å². The molecule has 1 atom stereocenters. The Morgan fingerprint density at radius 2 is 2.19 bits per heavy atom. The second kappa shape index (κ2) is 3.73. The van der Waals surface area contributed by atoms with Crippen LogP contribution in [0.25, 0.3) is 0 Å². The van der Waals surface area contributed by atoms with E-state index in [4.69, 9.17) is 0 Å². The molecule has 1 aliphatic carbocycles. The molecule has 0 radical (unpaired) electrons. The van der Waals surface area contributed by atoms with E-state index in [1.165, 1.54) is 6.07 Å². The summed E-state index contributed by atoms with van der Waals surface area (Å²) in [5.74, 6) is 0. The molecule has 1 fully saturated rings. The molecule has 0 spiro atoms. The fourth-order valence-corrected chi connectivity index (χ4v) is 2.03. The predicted molar refractivity (Wildman–Crippen MR) is 66.6 cm³/mol. The lowest BCUT2D eigenvalue weighted by Crippen LogP contribution is -2.09. The highest BCUT2D eigenvalue weighted by atomic mass is 79.9. The van der Waals surface area contributed by atoms with E-state index >= 15 is 0 Å². The molecule has 16 heavy (non-hydrogen) atoms. The average Bonchev–Trinajstić information content (AvgIpc) is 2.76. The molecular weight excluding hydrogens is 272 g/mol. The van der Waals surface area contributed by atoms with E-state index in [0.29, 0.717) is 11.7 Å². The van der Waals surface area contributed by atoms with Crippen molar-refractivity contribution in [3.8, 4) is 0 Å². The minimum atomic E-state index is -0.359. The monoisotopic (exact) mass is 284 g/mol. The summed E-state index contributed by atoms with van der Waals surface area (Å²) in [6.45, 7) is 4.30. The van der Waals surface area contributed by atoms with Crippen LogP contribution in [0.2, 0.25) is 0 Å². The molecule has 0 aliphatic heterocycles. The van der Waals surface area contributed by atoms with Crippen LogP contribution in [0.5, 0.6) is 0 Å². The van der Waals surface area contributed by atoms with Crippen LogP contribution >= 0.6 is 15.9 Å². The van der Waals surface area contributed by atoms with Gasteiger partial charge in [-0.3, -0.25) is 10.1 Å². The van der Waals surface area contributed by atoms with Gasteiger partial charge in [-0.15, -0.1) is 0 Å². The van der Waals surface area contributed by atoms with E-state index in [0.717, 1.165) is 10.9 Å². The first-order chi connectivity index (χ1) is 7.40. The Balaban J connectivity index is 2.24. The Bertz CT molecular complexity index is 446. The van der Waals surface area contributed by atoms with Crippen molar-refractivity contribution in [1.29, 1.82) is 0 Å². The van der Waals surface area contributed by atoms with Crippen molar-refractivity contribution in [2.24, 2.45) is 5.41 Å². The average molecular weight is 285 g/mol. The van der Waals surface area contributed by atoms with Crippen molar-refractivity contribution in [1.82, 2.24) is 0 Å². The number of hydrogen-bond acceptors (Lipinski definition) is 3. The quantitative estimate of drug-likeness (QED) is 0.682. The smallest absolute Gasteiger partial charge is 0.293 e. The minimum absolute atomic E-state index is 0.122. The van der Waals surface area contributed by atoms with Gasteiger partial charge in [-0.05, 0) is 24.0 Å². The normalized spacial score (nSPS) is 21.6. The summed E-state index contributed by atoms with van der Waals surface area (Å²) in [5, 5.41) is 14.1. The van der Waals surface area contributed by atoms with Crippen LogP contribution in [0.4, 0.5) is 11.4 Å². The second-order valence-corrected chi connectivity index (χ2v) is 5.72. The number of nitrogens with zero attached hydrogens (tertiary/aromatic N) is 1. The molecule has 0 aromatic heterocycles. The second-order valence-electron chi connectivity index (χ2n) is 4.81. The number of nitro benzene ring substituents is 1. The molecule has 1 aromatic carbocycles. The van der Waals surface area contributed by atoms with Crippen molar-refractivity contribution in [2.75, 3.05) is 5.32 Å². The molecule has 1 N–H and O–H groups in total. The predicted octanol–water partition coefficient (Wildman–Crippen LogP) is 3.57. The Morgan fingerprint density at radius 3 is 2.69 bits per heavy atom. The number of halogens is 1. The highest BCUT2D eigenvalue weighted by Gasteiger charge is 2.46. The van der Waals surface area contributed by atoms with Crippen LogP contribution in [0, 0.1) is 15.5 Å². The summed E-state index contributed by atoms with van der Waals surface area (Å²) < 4.78 is 0.722. The lowest BCUT2D eigenvalue weighted by atomic mass is 10.2. The van der Waals surface area contributed by atoms with Crippen molar-refractivity contribution >= 4 is 27.3 Å². The van der Waals surface area contributed by atoms with E-state index in [-0.39, 0.29) is 16.0 Å². The summed E-state index contributed by atoms with van der Waals surface area (Å²) in [5.41, 5.74) is 0.974. The van der Waals surface area contributed by atoms with Crippen molar-refractivity contribution in [2.45, 2.75) is 26.3 Å². The van der Waals surface area contributed by atoms with E-state index in [9.17, 15) is 10.1 Å². The Hall–Kier alpha value is -1.10. The maximum Gasteiger partial charge on any atom is 0.293 e. The number of anilines is 1. The summed E-state index contributed by atoms with van der Waals surface area (Å²) in [4.78, 5) is 10.5. The Labute approximate surface area is 102 Å². The van der Waals surface area contributed by atoms with Gasteiger partial charge in [0.15, 0.2) is 0 Å². The van der Waals surface area contributed by atoms with Crippen LogP contribution in [0.3, 0.4) is 0 Å².